The van der Waals surface area contributed by atoms with Crippen molar-refractivity contribution in [1.29, 1.82) is 0 Å². The Morgan fingerprint density at radius 2 is 1.57 bits per heavy atom. The standard InChI is InChI=1S/C24H24N4OS/c29-22(17-21-18-28-15-16-30-24(28)25-21)26-11-13-27(14-12-26)23(19-7-3-1-4-8-19)20-9-5-2-6-10-20/h1-10,15-16,18,23H,11-14,17H2. The molecule has 2 aromatic heterocycles. The lowest BCUT2D eigenvalue weighted by molar-refractivity contribution is -0.132. The van der Waals surface area contributed by atoms with Crippen LogP contribution in [0.5, 0.6) is 0 Å². The summed E-state index contributed by atoms with van der Waals surface area (Å²) < 4.78 is 1.98. The van der Waals surface area contributed by atoms with Crippen molar-refractivity contribution in [1.82, 2.24) is 19.2 Å². The van der Waals surface area contributed by atoms with Crippen molar-refractivity contribution in [3.05, 3.63) is 95.3 Å². The first kappa shape index (κ1) is 19.0. The third-order valence-electron chi connectivity index (χ3n) is 5.74. The summed E-state index contributed by atoms with van der Waals surface area (Å²) in [5.74, 6) is 0.163. The largest absolute Gasteiger partial charge is 0.340 e. The van der Waals surface area contributed by atoms with Crippen LogP contribution in [0.25, 0.3) is 4.96 Å². The van der Waals surface area contributed by atoms with E-state index in [1.807, 2.05) is 27.1 Å². The van der Waals surface area contributed by atoms with Crippen LogP contribution in [0.2, 0.25) is 0 Å². The lowest BCUT2D eigenvalue weighted by Gasteiger charge is -2.39. The molecule has 2 aromatic carbocycles. The van der Waals surface area contributed by atoms with E-state index < -0.39 is 0 Å². The topological polar surface area (TPSA) is 40.9 Å². The Bertz CT molecular complexity index is 1050. The number of thiazole rings is 1. The van der Waals surface area contributed by atoms with E-state index in [1.165, 1.54) is 11.1 Å². The summed E-state index contributed by atoms with van der Waals surface area (Å²) in [4.78, 5) is 22.8. The smallest absolute Gasteiger partial charge is 0.228 e. The molecule has 0 unspecified atom stereocenters. The number of aromatic nitrogens is 2. The fourth-order valence-corrected chi connectivity index (χ4v) is 4.96. The summed E-state index contributed by atoms with van der Waals surface area (Å²) in [7, 11) is 0. The summed E-state index contributed by atoms with van der Waals surface area (Å²) in [5, 5.41) is 2.00. The number of imidazole rings is 1. The Labute approximate surface area is 180 Å². The molecule has 1 saturated heterocycles. The fraction of sp³-hybridized carbons (Fsp3) is 0.250. The molecule has 0 saturated carbocycles. The molecule has 30 heavy (non-hydrogen) atoms. The van der Waals surface area contributed by atoms with E-state index in [0.29, 0.717) is 6.42 Å². The molecule has 0 aliphatic carbocycles. The first-order valence-corrected chi connectivity index (χ1v) is 11.2. The zero-order valence-electron chi connectivity index (χ0n) is 16.7. The van der Waals surface area contributed by atoms with Gasteiger partial charge in [0.05, 0.1) is 18.2 Å². The van der Waals surface area contributed by atoms with Crippen LogP contribution in [0.4, 0.5) is 0 Å². The van der Waals surface area contributed by atoms with Crippen LogP contribution in [0.1, 0.15) is 22.9 Å². The molecule has 1 aliphatic rings. The van der Waals surface area contributed by atoms with Gasteiger partial charge in [-0.3, -0.25) is 14.1 Å². The molecule has 1 amide bonds. The number of carbonyl (C=O) groups excluding carboxylic acids is 1. The SMILES string of the molecule is O=C(Cc1cn2ccsc2n1)N1CCN(C(c2ccccc2)c2ccccc2)CC1. The number of hydrogen-bond acceptors (Lipinski definition) is 4. The minimum Gasteiger partial charge on any atom is -0.340 e. The molecule has 3 heterocycles. The molecule has 6 heteroatoms. The van der Waals surface area contributed by atoms with Crippen LogP contribution in [0, 0.1) is 0 Å². The molecule has 5 nitrogen and oxygen atoms in total. The average Bonchev–Trinajstić information content (AvgIpc) is 3.38. The van der Waals surface area contributed by atoms with Crippen LogP contribution in [0.3, 0.4) is 0 Å². The minimum atomic E-state index is 0.163. The molecule has 4 aromatic rings. The maximum absolute atomic E-state index is 12.8. The van der Waals surface area contributed by atoms with Gasteiger partial charge in [-0.05, 0) is 11.1 Å². The van der Waals surface area contributed by atoms with Crippen molar-refractivity contribution in [2.24, 2.45) is 0 Å². The maximum atomic E-state index is 12.8. The van der Waals surface area contributed by atoms with Gasteiger partial charge in [-0.25, -0.2) is 4.98 Å². The van der Waals surface area contributed by atoms with Crippen molar-refractivity contribution >= 4 is 22.2 Å². The number of amides is 1. The summed E-state index contributed by atoms with van der Waals surface area (Å²) in [6.07, 6.45) is 4.31. The summed E-state index contributed by atoms with van der Waals surface area (Å²) >= 11 is 1.59. The van der Waals surface area contributed by atoms with Gasteiger partial charge < -0.3 is 4.90 Å². The first-order chi connectivity index (χ1) is 14.8. The number of nitrogens with zero attached hydrogens (tertiary/aromatic N) is 4. The van der Waals surface area contributed by atoms with E-state index in [1.54, 1.807) is 11.3 Å². The predicted molar refractivity (Wildman–Crippen MR) is 120 cm³/mol. The highest BCUT2D eigenvalue weighted by Crippen LogP contribution is 2.29. The van der Waals surface area contributed by atoms with Crippen molar-refractivity contribution in [3.8, 4) is 0 Å². The van der Waals surface area contributed by atoms with Crippen molar-refractivity contribution in [2.45, 2.75) is 12.5 Å². The fourth-order valence-electron chi connectivity index (χ4n) is 4.24. The molecule has 152 valence electrons. The molecule has 0 spiro atoms. The van der Waals surface area contributed by atoms with E-state index in [9.17, 15) is 4.79 Å². The van der Waals surface area contributed by atoms with Gasteiger partial charge in [-0.1, -0.05) is 60.7 Å². The van der Waals surface area contributed by atoms with Gasteiger partial charge >= 0.3 is 0 Å². The van der Waals surface area contributed by atoms with E-state index >= 15 is 0 Å². The molecular formula is C24H24N4OS. The second kappa shape index (κ2) is 8.42. The van der Waals surface area contributed by atoms with Gasteiger partial charge in [-0.2, -0.15) is 0 Å². The van der Waals surface area contributed by atoms with Gasteiger partial charge in [0.2, 0.25) is 5.91 Å². The molecule has 1 aliphatic heterocycles. The maximum Gasteiger partial charge on any atom is 0.228 e. The Balaban J connectivity index is 1.27. The Kier molecular flexibility index (Phi) is 5.34. The molecule has 0 bridgehead atoms. The molecule has 0 radical (unpaired) electrons. The average molecular weight is 417 g/mol. The van der Waals surface area contributed by atoms with Gasteiger partial charge in [0.25, 0.3) is 0 Å². The lowest BCUT2D eigenvalue weighted by atomic mass is 9.96. The molecule has 0 N–H and O–H groups in total. The van der Waals surface area contributed by atoms with Crippen LogP contribution in [-0.2, 0) is 11.2 Å². The number of piperazine rings is 1. The third-order valence-corrected chi connectivity index (χ3v) is 6.51. The third kappa shape index (κ3) is 3.88. The van der Waals surface area contributed by atoms with Crippen LogP contribution in [0.15, 0.2) is 78.4 Å². The molecule has 5 rings (SSSR count). The van der Waals surface area contributed by atoms with Crippen LogP contribution < -0.4 is 0 Å². The highest BCUT2D eigenvalue weighted by Gasteiger charge is 2.28. The summed E-state index contributed by atoms with van der Waals surface area (Å²) in [6, 6.07) is 21.5. The monoisotopic (exact) mass is 416 g/mol. The lowest BCUT2D eigenvalue weighted by Crippen LogP contribution is -2.50. The van der Waals surface area contributed by atoms with Crippen molar-refractivity contribution < 1.29 is 4.79 Å². The van der Waals surface area contributed by atoms with Crippen LogP contribution in [-0.4, -0.2) is 51.3 Å². The zero-order chi connectivity index (χ0) is 20.3. The molecule has 1 fully saturated rings. The van der Waals surface area contributed by atoms with Crippen molar-refractivity contribution in [3.63, 3.8) is 0 Å². The summed E-state index contributed by atoms with van der Waals surface area (Å²) in [5.41, 5.74) is 3.43. The first-order valence-electron chi connectivity index (χ1n) is 10.3. The van der Waals surface area contributed by atoms with Gasteiger partial charge in [0.15, 0.2) is 4.96 Å². The second-order valence-corrected chi connectivity index (χ2v) is 8.52. The number of benzene rings is 2. The normalized spacial score (nSPS) is 15.2. The van der Waals surface area contributed by atoms with E-state index in [2.05, 4.69) is 70.5 Å². The second-order valence-electron chi connectivity index (χ2n) is 7.64. The Hall–Kier alpha value is -2.96. The van der Waals surface area contributed by atoms with E-state index in [0.717, 1.165) is 36.8 Å². The Morgan fingerprint density at radius 1 is 0.933 bits per heavy atom. The van der Waals surface area contributed by atoms with E-state index in [-0.39, 0.29) is 11.9 Å². The highest BCUT2D eigenvalue weighted by molar-refractivity contribution is 7.15. The van der Waals surface area contributed by atoms with Gasteiger partial charge in [0.1, 0.15) is 0 Å². The highest BCUT2D eigenvalue weighted by atomic mass is 32.1. The van der Waals surface area contributed by atoms with Gasteiger partial charge in [-0.15, -0.1) is 11.3 Å². The molecule has 0 atom stereocenters. The minimum absolute atomic E-state index is 0.163. The molecular weight excluding hydrogens is 392 g/mol. The van der Waals surface area contributed by atoms with Crippen LogP contribution >= 0.6 is 11.3 Å². The predicted octanol–water partition coefficient (Wildman–Crippen LogP) is 3.87. The van der Waals surface area contributed by atoms with E-state index in [4.69, 9.17) is 0 Å². The number of hydrogen-bond donors (Lipinski definition) is 0. The zero-order valence-corrected chi connectivity index (χ0v) is 17.5. The Morgan fingerprint density at radius 3 is 2.17 bits per heavy atom. The number of rotatable bonds is 5. The summed E-state index contributed by atoms with van der Waals surface area (Å²) in [6.45, 7) is 3.21. The quantitative estimate of drug-likeness (QED) is 0.496. The number of carbonyl (C=O) groups is 1. The van der Waals surface area contributed by atoms with Gasteiger partial charge in [0, 0.05) is 44.0 Å². The number of fused-ring (bicyclic) bond motifs is 1. The van der Waals surface area contributed by atoms with Crippen molar-refractivity contribution in [2.75, 3.05) is 26.2 Å².